The fourth-order valence-corrected chi connectivity index (χ4v) is 7.45. The van der Waals surface area contributed by atoms with Gasteiger partial charge < -0.3 is 24.5 Å². The van der Waals surface area contributed by atoms with Crippen LogP contribution in [-0.4, -0.2) is 83.2 Å². The number of aliphatic hydroxyl groups excluding tert-OH is 1. The van der Waals surface area contributed by atoms with Crippen molar-refractivity contribution in [2.24, 2.45) is 11.8 Å². The van der Waals surface area contributed by atoms with Gasteiger partial charge in [-0.3, -0.25) is 14.4 Å². The Morgan fingerprint density at radius 2 is 1.85 bits per heavy atom. The predicted octanol–water partition coefficient (Wildman–Crippen LogP) is 4.13. The summed E-state index contributed by atoms with van der Waals surface area (Å²) < 4.78 is 6.76. The molecule has 2 bridgehead atoms. The van der Waals surface area contributed by atoms with Gasteiger partial charge in [-0.1, -0.05) is 48.7 Å². The Morgan fingerprint density at radius 3 is 2.50 bits per heavy atom. The molecule has 3 heterocycles. The Morgan fingerprint density at radius 1 is 1.15 bits per heavy atom. The van der Waals surface area contributed by atoms with Gasteiger partial charge in [0.1, 0.15) is 11.6 Å². The molecular weight excluding hydrogens is 530 g/mol. The van der Waals surface area contributed by atoms with Crippen LogP contribution in [0, 0.1) is 18.8 Å². The van der Waals surface area contributed by atoms with Gasteiger partial charge >= 0.3 is 0 Å². The standard InChI is InChI=1S/C31H42ClN3O5/c1-6-17-33(5)27(37)23-24-28(38)35(19-10-8-9-11-20-36)26(31(24)16-15-30(23,4)40-31)29(39)34(18-7-2)25-21(3)13-12-14-22(25)32/h6-7,12-14,23-24,26,36H,1-2,8-11,15-20H2,3-5H3/t23-,24-,26?,30+,31?/m0/s1. The van der Waals surface area contributed by atoms with Crippen LogP contribution in [0.1, 0.15) is 51.0 Å². The number of likely N-dealkylation sites (N-methyl/N-ethyl adjacent to an activating group) is 1. The van der Waals surface area contributed by atoms with Crippen LogP contribution in [0.2, 0.25) is 5.02 Å². The Labute approximate surface area is 242 Å². The summed E-state index contributed by atoms with van der Waals surface area (Å²) in [5, 5.41) is 9.61. The number of aliphatic hydroxyl groups is 1. The number of carbonyl (C=O) groups is 3. The molecule has 3 aliphatic rings. The number of para-hydroxylation sites is 1. The second-order valence-corrected chi connectivity index (χ2v) is 12.0. The predicted molar refractivity (Wildman–Crippen MR) is 156 cm³/mol. The molecule has 218 valence electrons. The van der Waals surface area contributed by atoms with Crippen LogP contribution in [0.3, 0.4) is 0 Å². The molecule has 2 unspecified atom stereocenters. The van der Waals surface area contributed by atoms with E-state index in [0.29, 0.717) is 49.5 Å². The number of halogens is 1. The molecule has 8 nitrogen and oxygen atoms in total. The van der Waals surface area contributed by atoms with Gasteiger partial charge in [0.2, 0.25) is 11.8 Å². The van der Waals surface area contributed by atoms with E-state index in [2.05, 4.69) is 13.2 Å². The Balaban J connectivity index is 1.78. The molecule has 40 heavy (non-hydrogen) atoms. The average molecular weight is 572 g/mol. The third-order valence-corrected chi connectivity index (χ3v) is 9.20. The maximum absolute atomic E-state index is 14.7. The topological polar surface area (TPSA) is 90.4 Å². The number of rotatable bonds is 13. The highest BCUT2D eigenvalue weighted by atomic mass is 35.5. The lowest BCUT2D eigenvalue weighted by molar-refractivity contribution is -0.149. The van der Waals surface area contributed by atoms with Crippen molar-refractivity contribution in [3.8, 4) is 0 Å². The zero-order chi connectivity index (χ0) is 29.2. The number of likely N-dealkylation sites (tertiary alicyclic amines) is 1. The minimum atomic E-state index is -1.11. The number of unbranched alkanes of at least 4 members (excludes halogenated alkanes) is 3. The summed E-state index contributed by atoms with van der Waals surface area (Å²) in [4.78, 5) is 47.6. The van der Waals surface area contributed by atoms with Gasteiger partial charge in [-0.05, 0) is 51.2 Å². The first-order valence-electron chi connectivity index (χ1n) is 14.2. The molecule has 4 rings (SSSR count). The molecule has 1 aromatic carbocycles. The van der Waals surface area contributed by atoms with Crippen molar-refractivity contribution in [2.45, 2.75) is 69.6 Å². The number of aryl methyl sites for hydroxylation is 1. The van der Waals surface area contributed by atoms with E-state index in [-0.39, 0.29) is 30.9 Å². The van der Waals surface area contributed by atoms with E-state index in [1.165, 1.54) is 0 Å². The van der Waals surface area contributed by atoms with E-state index >= 15 is 0 Å². The van der Waals surface area contributed by atoms with Gasteiger partial charge in [0.05, 0.1) is 28.1 Å². The molecule has 3 amide bonds. The monoisotopic (exact) mass is 571 g/mol. The van der Waals surface area contributed by atoms with Crippen LogP contribution in [0.15, 0.2) is 43.5 Å². The van der Waals surface area contributed by atoms with E-state index in [1.54, 1.807) is 40.0 Å². The molecule has 5 atom stereocenters. The highest BCUT2D eigenvalue weighted by molar-refractivity contribution is 6.34. The average Bonchev–Trinajstić information content (AvgIpc) is 3.48. The van der Waals surface area contributed by atoms with Crippen molar-refractivity contribution in [1.29, 1.82) is 0 Å². The summed E-state index contributed by atoms with van der Waals surface area (Å²) in [6.07, 6.45) is 7.40. The van der Waals surface area contributed by atoms with E-state index < -0.39 is 29.1 Å². The molecular formula is C31H42ClN3O5. The molecule has 9 heteroatoms. The lowest BCUT2D eigenvalue weighted by Gasteiger charge is -2.37. The first-order valence-corrected chi connectivity index (χ1v) is 14.6. The number of hydrogen-bond acceptors (Lipinski definition) is 5. The molecule has 1 N–H and O–H groups in total. The maximum Gasteiger partial charge on any atom is 0.253 e. The molecule has 0 radical (unpaired) electrons. The van der Waals surface area contributed by atoms with Crippen molar-refractivity contribution in [2.75, 3.05) is 38.2 Å². The second kappa shape index (κ2) is 12.0. The van der Waals surface area contributed by atoms with Crippen molar-refractivity contribution < 1.29 is 24.2 Å². The lowest BCUT2D eigenvalue weighted by atomic mass is 9.66. The SMILES string of the molecule is C=CCN(C)C(=O)[C@@H]1[C@H]2C(=O)N(CCCCCCO)C(C(=O)N(CC=C)c3c(C)cccc3Cl)C23CC[C@@]1(C)O3. The second-order valence-electron chi connectivity index (χ2n) is 11.5. The van der Waals surface area contributed by atoms with Crippen LogP contribution >= 0.6 is 11.6 Å². The summed E-state index contributed by atoms with van der Waals surface area (Å²) in [5.41, 5.74) is -0.541. The minimum Gasteiger partial charge on any atom is -0.396 e. The Bertz CT molecular complexity index is 1150. The Kier molecular flexibility index (Phi) is 9.12. The smallest absolute Gasteiger partial charge is 0.253 e. The summed E-state index contributed by atoms with van der Waals surface area (Å²) >= 11 is 6.63. The molecule has 0 saturated carbocycles. The van der Waals surface area contributed by atoms with E-state index in [1.807, 2.05) is 26.0 Å². The number of anilines is 1. The molecule has 0 aliphatic carbocycles. The van der Waals surface area contributed by atoms with E-state index in [4.69, 9.17) is 16.3 Å². The van der Waals surface area contributed by atoms with Gasteiger partial charge in [-0.2, -0.15) is 0 Å². The number of fused-ring (bicyclic) bond motifs is 1. The summed E-state index contributed by atoms with van der Waals surface area (Å²) in [5.74, 6) is -2.09. The molecule has 1 aromatic rings. The zero-order valence-electron chi connectivity index (χ0n) is 23.9. The highest BCUT2D eigenvalue weighted by Crippen LogP contribution is 2.63. The van der Waals surface area contributed by atoms with Gasteiger partial charge in [0, 0.05) is 33.3 Å². The summed E-state index contributed by atoms with van der Waals surface area (Å²) in [6, 6.07) is 4.58. The quantitative estimate of drug-likeness (QED) is 0.284. The normalized spacial score (nSPS) is 28.5. The largest absolute Gasteiger partial charge is 0.396 e. The Hall–Kier alpha value is -2.68. The number of nitrogens with zero attached hydrogens (tertiary/aromatic N) is 3. The first-order chi connectivity index (χ1) is 19.1. The first kappa shape index (κ1) is 30.3. The highest BCUT2D eigenvalue weighted by Gasteiger charge is 2.78. The van der Waals surface area contributed by atoms with Gasteiger partial charge in [-0.15, -0.1) is 13.2 Å². The van der Waals surface area contributed by atoms with Crippen molar-refractivity contribution in [1.82, 2.24) is 9.80 Å². The van der Waals surface area contributed by atoms with Crippen molar-refractivity contribution >= 4 is 35.0 Å². The molecule has 0 aromatic heterocycles. The van der Waals surface area contributed by atoms with Crippen LogP contribution in [0.25, 0.3) is 0 Å². The number of ether oxygens (including phenoxy) is 1. The summed E-state index contributed by atoms with van der Waals surface area (Å²) in [7, 11) is 1.71. The minimum absolute atomic E-state index is 0.122. The van der Waals surface area contributed by atoms with Gasteiger partial charge in [-0.25, -0.2) is 0 Å². The fourth-order valence-electron chi connectivity index (χ4n) is 7.12. The van der Waals surface area contributed by atoms with Crippen molar-refractivity contribution in [3.05, 3.63) is 54.1 Å². The van der Waals surface area contributed by atoms with Gasteiger partial charge in [0.25, 0.3) is 5.91 Å². The maximum atomic E-state index is 14.7. The third-order valence-electron chi connectivity index (χ3n) is 8.90. The number of benzene rings is 1. The van der Waals surface area contributed by atoms with E-state index in [0.717, 1.165) is 18.4 Å². The summed E-state index contributed by atoms with van der Waals surface area (Å²) in [6.45, 7) is 12.5. The van der Waals surface area contributed by atoms with Crippen LogP contribution < -0.4 is 4.90 Å². The molecule has 3 aliphatic heterocycles. The van der Waals surface area contributed by atoms with Crippen LogP contribution in [0.5, 0.6) is 0 Å². The number of hydrogen-bond donors (Lipinski definition) is 1. The van der Waals surface area contributed by atoms with Gasteiger partial charge in [0.15, 0.2) is 0 Å². The van der Waals surface area contributed by atoms with Crippen molar-refractivity contribution in [3.63, 3.8) is 0 Å². The molecule has 1 spiro atoms. The zero-order valence-corrected chi connectivity index (χ0v) is 24.7. The lowest BCUT2D eigenvalue weighted by Crippen LogP contribution is -2.56. The fraction of sp³-hybridized carbons (Fsp3) is 0.581. The number of carbonyl (C=O) groups excluding carboxylic acids is 3. The van der Waals surface area contributed by atoms with E-state index in [9.17, 15) is 19.5 Å². The molecule has 3 saturated heterocycles. The van der Waals surface area contributed by atoms with Crippen LogP contribution in [0.4, 0.5) is 5.69 Å². The van der Waals surface area contributed by atoms with Crippen LogP contribution in [-0.2, 0) is 19.1 Å². The number of amides is 3. The third kappa shape index (κ3) is 4.99. The molecule has 3 fully saturated rings.